The number of hydrazone groups is 1. The number of hydrogen-bond donors (Lipinski definition) is 2. The SMILES string of the molecule is COc1ccc(OC)c(C=NNC(=O)c2ccc(NC(C)=O)cc2)c1. The second kappa shape index (κ2) is 8.49. The number of amides is 2. The second-order valence-corrected chi connectivity index (χ2v) is 5.07. The Hall–Kier alpha value is -3.35. The molecule has 2 amide bonds. The van der Waals surface area contributed by atoms with Gasteiger partial charge in [0.2, 0.25) is 5.91 Å². The Kier molecular flexibility index (Phi) is 6.11. The van der Waals surface area contributed by atoms with Crippen LogP contribution in [0.5, 0.6) is 11.5 Å². The monoisotopic (exact) mass is 341 g/mol. The molecular weight excluding hydrogens is 322 g/mol. The molecular formula is C18H19N3O4. The van der Waals surface area contributed by atoms with Crippen molar-refractivity contribution in [2.75, 3.05) is 19.5 Å². The van der Waals surface area contributed by atoms with Gasteiger partial charge in [-0.2, -0.15) is 5.10 Å². The van der Waals surface area contributed by atoms with Gasteiger partial charge in [-0.15, -0.1) is 0 Å². The maximum absolute atomic E-state index is 12.1. The smallest absolute Gasteiger partial charge is 0.271 e. The van der Waals surface area contributed by atoms with E-state index in [4.69, 9.17) is 9.47 Å². The summed E-state index contributed by atoms with van der Waals surface area (Å²) in [5, 5.41) is 6.58. The Morgan fingerprint density at radius 3 is 2.36 bits per heavy atom. The second-order valence-electron chi connectivity index (χ2n) is 5.07. The van der Waals surface area contributed by atoms with Gasteiger partial charge in [-0.3, -0.25) is 9.59 Å². The molecule has 0 saturated carbocycles. The van der Waals surface area contributed by atoms with Crippen molar-refractivity contribution in [2.24, 2.45) is 5.10 Å². The Balaban J connectivity index is 2.04. The summed E-state index contributed by atoms with van der Waals surface area (Å²) in [7, 11) is 3.11. The first-order valence-electron chi connectivity index (χ1n) is 7.46. The molecule has 0 aliphatic carbocycles. The van der Waals surface area contributed by atoms with Gasteiger partial charge in [0.1, 0.15) is 11.5 Å². The van der Waals surface area contributed by atoms with Gasteiger partial charge in [-0.05, 0) is 42.5 Å². The third kappa shape index (κ3) is 5.07. The minimum Gasteiger partial charge on any atom is -0.497 e. The molecule has 2 aromatic carbocycles. The average Bonchev–Trinajstić information content (AvgIpc) is 2.61. The summed E-state index contributed by atoms with van der Waals surface area (Å²) in [6.45, 7) is 1.42. The van der Waals surface area contributed by atoms with E-state index in [0.717, 1.165) is 0 Å². The van der Waals surface area contributed by atoms with Gasteiger partial charge in [-0.25, -0.2) is 5.43 Å². The van der Waals surface area contributed by atoms with Crippen molar-refractivity contribution in [1.82, 2.24) is 5.43 Å². The van der Waals surface area contributed by atoms with E-state index >= 15 is 0 Å². The fraction of sp³-hybridized carbons (Fsp3) is 0.167. The normalized spacial score (nSPS) is 10.4. The highest BCUT2D eigenvalue weighted by Gasteiger charge is 2.06. The molecule has 0 bridgehead atoms. The number of carbonyl (C=O) groups is 2. The summed E-state index contributed by atoms with van der Waals surface area (Å²) in [6, 6.07) is 11.8. The first-order chi connectivity index (χ1) is 12.0. The van der Waals surface area contributed by atoms with Gasteiger partial charge < -0.3 is 14.8 Å². The van der Waals surface area contributed by atoms with Gasteiger partial charge in [0.25, 0.3) is 5.91 Å². The van der Waals surface area contributed by atoms with Crippen LogP contribution in [0.1, 0.15) is 22.8 Å². The molecule has 2 aromatic rings. The summed E-state index contributed by atoms with van der Waals surface area (Å²) in [5.41, 5.74) is 4.15. The molecule has 2 rings (SSSR count). The molecule has 0 unspecified atom stereocenters. The van der Waals surface area contributed by atoms with Gasteiger partial charge >= 0.3 is 0 Å². The zero-order valence-electron chi connectivity index (χ0n) is 14.2. The lowest BCUT2D eigenvalue weighted by Crippen LogP contribution is -2.17. The van der Waals surface area contributed by atoms with E-state index in [1.807, 2.05) is 0 Å². The van der Waals surface area contributed by atoms with E-state index in [1.54, 1.807) is 56.7 Å². The molecule has 0 aromatic heterocycles. The summed E-state index contributed by atoms with van der Waals surface area (Å²) >= 11 is 0. The van der Waals surface area contributed by atoms with Gasteiger partial charge in [0.05, 0.1) is 20.4 Å². The number of hydrogen-bond acceptors (Lipinski definition) is 5. The third-order valence-electron chi connectivity index (χ3n) is 3.27. The summed E-state index contributed by atoms with van der Waals surface area (Å²) in [4.78, 5) is 23.1. The summed E-state index contributed by atoms with van der Waals surface area (Å²) < 4.78 is 10.4. The van der Waals surface area contributed by atoms with Crippen molar-refractivity contribution in [3.63, 3.8) is 0 Å². The molecule has 2 N–H and O–H groups in total. The molecule has 7 heteroatoms. The van der Waals surface area contributed by atoms with E-state index in [9.17, 15) is 9.59 Å². The molecule has 0 aliphatic heterocycles. The van der Waals surface area contributed by atoms with E-state index in [2.05, 4.69) is 15.8 Å². The number of methoxy groups -OCH3 is 2. The predicted octanol–water partition coefficient (Wildman–Crippen LogP) is 2.43. The first-order valence-corrected chi connectivity index (χ1v) is 7.46. The number of anilines is 1. The van der Waals surface area contributed by atoms with Crippen LogP contribution in [0.3, 0.4) is 0 Å². The standard InChI is InChI=1S/C18H19N3O4/c1-12(22)20-15-6-4-13(5-7-15)18(23)21-19-11-14-10-16(24-2)8-9-17(14)25-3/h4-11H,1-3H3,(H,20,22)(H,21,23). The van der Waals surface area contributed by atoms with Crippen LogP contribution in [-0.4, -0.2) is 32.2 Å². The largest absolute Gasteiger partial charge is 0.497 e. The van der Waals surface area contributed by atoms with Crippen molar-refractivity contribution in [1.29, 1.82) is 0 Å². The van der Waals surface area contributed by atoms with Crippen LogP contribution in [0.15, 0.2) is 47.6 Å². The minimum absolute atomic E-state index is 0.172. The lowest BCUT2D eigenvalue weighted by molar-refractivity contribution is -0.114. The van der Waals surface area contributed by atoms with Crippen LogP contribution in [0.4, 0.5) is 5.69 Å². The van der Waals surface area contributed by atoms with E-state index < -0.39 is 0 Å². The van der Waals surface area contributed by atoms with Crippen LogP contribution >= 0.6 is 0 Å². The highest BCUT2D eigenvalue weighted by atomic mass is 16.5. The molecule has 0 atom stereocenters. The van der Waals surface area contributed by atoms with E-state index in [0.29, 0.717) is 28.3 Å². The Morgan fingerprint density at radius 1 is 1.04 bits per heavy atom. The van der Waals surface area contributed by atoms with Crippen LogP contribution in [0, 0.1) is 0 Å². The molecule has 0 radical (unpaired) electrons. The number of benzene rings is 2. The number of carbonyl (C=O) groups excluding carboxylic acids is 2. The average molecular weight is 341 g/mol. The highest BCUT2D eigenvalue weighted by molar-refractivity contribution is 5.96. The molecule has 130 valence electrons. The predicted molar refractivity (Wildman–Crippen MR) is 95.4 cm³/mol. The summed E-state index contributed by atoms with van der Waals surface area (Å²) in [5.74, 6) is 0.724. The van der Waals surface area contributed by atoms with E-state index in [-0.39, 0.29) is 11.8 Å². The molecule has 0 heterocycles. The van der Waals surface area contributed by atoms with Crippen molar-refractivity contribution in [2.45, 2.75) is 6.92 Å². The van der Waals surface area contributed by atoms with Crippen LogP contribution in [-0.2, 0) is 4.79 Å². The number of rotatable bonds is 6. The number of ether oxygens (including phenoxy) is 2. The third-order valence-corrected chi connectivity index (χ3v) is 3.27. The van der Waals surface area contributed by atoms with Gasteiger partial charge in [-0.1, -0.05) is 0 Å². The maximum Gasteiger partial charge on any atom is 0.271 e. The van der Waals surface area contributed by atoms with Crippen LogP contribution < -0.4 is 20.2 Å². The fourth-order valence-electron chi connectivity index (χ4n) is 2.07. The molecule has 0 spiro atoms. The number of nitrogens with zero attached hydrogens (tertiary/aromatic N) is 1. The van der Waals surface area contributed by atoms with Crippen molar-refractivity contribution in [3.05, 3.63) is 53.6 Å². The zero-order chi connectivity index (χ0) is 18.2. The van der Waals surface area contributed by atoms with Gasteiger partial charge in [0, 0.05) is 23.7 Å². The minimum atomic E-state index is -0.368. The first kappa shape index (κ1) is 18.0. The van der Waals surface area contributed by atoms with Crippen molar-refractivity contribution < 1.29 is 19.1 Å². The molecule has 0 aliphatic rings. The van der Waals surface area contributed by atoms with Crippen molar-refractivity contribution >= 4 is 23.7 Å². The van der Waals surface area contributed by atoms with Gasteiger partial charge in [0.15, 0.2) is 0 Å². The zero-order valence-corrected chi connectivity index (χ0v) is 14.2. The molecule has 0 fully saturated rings. The lowest BCUT2D eigenvalue weighted by Gasteiger charge is -2.07. The highest BCUT2D eigenvalue weighted by Crippen LogP contribution is 2.22. The van der Waals surface area contributed by atoms with Crippen LogP contribution in [0.2, 0.25) is 0 Å². The summed E-state index contributed by atoms with van der Waals surface area (Å²) in [6.07, 6.45) is 1.48. The van der Waals surface area contributed by atoms with E-state index in [1.165, 1.54) is 13.1 Å². The van der Waals surface area contributed by atoms with Crippen molar-refractivity contribution in [3.8, 4) is 11.5 Å². The fourth-order valence-corrected chi connectivity index (χ4v) is 2.07. The Labute approximate surface area is 145 Å². The molecule has 25 heavy (non-hydrogen) atoms. The van der Waals surface area contributed by atoms with Crippen LogP contribution in [0.25, 0.3) is 0 Å². The topological polar surface area (TPSA) is 89.0 Å². The lowest BCUT2D eigenvalue weighted by atomic mass is 10.2. The maximum atomic E-state index is 12.1. The molecule has 0 saturated heterocycles. The quantitative estimate of drug-likeness (QED) is 0.624. The molecule has 7 nitrogen and oxygen atoms in total. The Morgan fingerprint density at radius 2 is 1.76 bits per heavy atom. The number of nitrogens with one attached hydrogen (secondary N) is 2. The Bertz CT molecular complexity index is 785.